The highest BCUT2D eigenvalue weighted by atomic mass is 16.2. The number of likely N-dealkylation sites (tertiary alicyclic amines) is 1. The van der Waals surface area contributed by atoms with Crippen molar-refractivity contribution < 1.29 is 4.79 Å². The van der Waals surface area contributed by atoms with Gasteiger partial charge in [0.05, 0.1) is 6.54 Å². The monoisotopic (exact) mass is 241 g/mol. The summed E-state index contributed by atoms with van der Waals surface area (Å²) in [6.45, 7) is 6.43. The molecule has 17 heavy (non-hydrogen) atoms. The highest BCUT2D eigenvalue weighted by Gasteiger charge is 2.28. The van der Waals surface area contributed by atoms with E-state index in [9.17, 15) is 4.79 Å². The molecule has 4 nitrogen and oxygen atoms in total. The van der Waals surface area contributed by atoms with Crippen LogP contribution >= 0.6 is 0 Å². The largest absolute Gasteiger partial charge is 0.336 e. The maximum absolute atomic E-state index is 12.2. The number of nitrogens with zero attached hydrogens (tertiary/aromatic N) is 2. The van der Waals surface area contributed by atoms with Crippen molar-refractivity contribution in [2.45, 2.75) is 51.6 Å². The average Bonchev–Trinajstić information content (AvgIpc) is 2.26. The second-order valence-corrected chi connectivity index (χ2v) is 5.31. The fourth-order valence-electron chi connectivity index (χ4n) is 2.67. The molecule has 0 saturated carbocycles. The third-order valence-corrected chi connectivity index (χ3v) is 3.63. The van der Waals surface area contributed by atoms with E-state index < -0.39 is 0 Å². The van der Waals surface area contributed by atoms with E-state index in [4.69, 9.17) is 5.73 Å². The molecule has 2 atom stereocenters. The Kier molecular flexibility index (Phi) is 5.92. The summed E-state index contributed by atoms with van der Waals surface area (Å²) in [6, 6.07) is 0.795. The van der Waals surface area contributed by atoms with Gasteiger partial charge in [-0.1, -0.05) is 0 Å². The van der Waals surface area contributed by atoms with E-state index in [1.807, 2.05) is 7.05 Å². The molecule has 4 heteroatoms. The third kappa shape index (κ3) is 4.28. The van der Waals surface area contributed by atoms with Gasteiger partial charge in [0, 0.05) is 12.1 Å². The molecule has 1 amide bonds. The van der Waals surface area contributed by atoms with Crippen LogP contribution in [-0.4, -0.2) is 54.5 Å². The zero-order valence-corrected chi connectivity index (χ0v) is 11.5. The second kappa shape index (κ2) is 6.97. The van der Waals surface area contributed by atoms with Crippen molar-refractivity contribution in [3.8, 4) is 0 Å². The van der Waals surface area contributed by atoms with Gasteiger partial charge in [-0.15, -0.1) is 0 Å². The highest BCUT2D eigenvalue weighted by molar-refractivity contribution is 5.79. The van der Waals surface area contributed by atoms with Crippen molar-refractivity contribution in [3.63, 3.8) is 0 Å². The van der Waals surface area contributed by atoms with Crippen LogP contribution in [0, 0.1) is 0 Å². The van der Waals surface area contributed by atoms with E-state index >= 15 is 0 Å². The molecule has 0 radical (unpaired) electrons. The van der Waals surface area contributed by atoms with Gasteiger partial charge < -0.3 is 10.6 Å². The molecular formula is C13H27N3O. The van der Waals surface area contributed by atoms with Crippen molar-refractivity contribution in [1.82, 2.24) is 9.80 Å². The normalized spacial score (nSPS) is 25.4. The van der Waals surface area contributed by atoms with E-state index in [0.717, 1.165) is 25.8 Å². The van der Waals surface area contributed by atoms with Gasteiger partial charge in [-0.25, -0.2) is 0 Å². The zero-order valence-electron chi connectivity index (χ0n) is 11.5. The lowest BCUT2D eigenvalue weighted by Crippen LogP contribution is -2.50. The number of carbonyl (C=O) groups is 1. The highest BCUT2D eigenvalue weighted by Crippen LogP contribution is 2.22. The van der Waals surface area contributed by atoms with Crippen LogP contribution in [0.1, 0.15) is 39.5 Å². The summed E-state index contributed by atoms with van der Waals surface area (Å²) in [5.41, 5.74) is 5.47. The molecule has 0 aliphatic carbocycles. The summed E-state index contributed by atoms with van der Waals surface area (Å²) in [6.07, 6.45) is 4.48. The van der Waals surface area contributed by atoms with Crippen LogP contribution in [0.15, 0.2) is 0 Å². The Hall–Kier alpha value is -0.610. The first-order valence-electron chi connectivity index (χ1n) is 6.76. The molecule has 1 aliphatic rings. The summed E-state index contributed by atoms with van der Waals surface area (Å²) >= 11 is 0. The molecule has 100 valence electrons. The number of piperidine rings is 1. The van der Waals surface area contributed by atoms with E-state index in [-0.39, 0.29) is 5.91 Å². The van der Waals surface area contributed by atoms with Crippen LogP contribution in [0.25, 0.3) is 0 Å². The Morgan fingerprint density at radius 2 is 1.94 bits per heavy atom. The van der Waals surface area contributed by atoms with Gasteiger partial charge in [-0.2, -0.15) is 0 Å². The Bertz CT molecular complexity index is 235. The lowest BCUT2D eigenvalue weighted by Gasteiger charge is -2.39. The van der Waals surface area contributed by atoms with Crippen LogP contribution in [-0.2, 0) is 4.79 Å². The van der Waals surface area contributed by atoms with E-state index in [0.29, 0.717) is 25.2 Å². The second-order valence-electron chi connectivity index (χ2n) is 5.31. The molecule has 2 N–H and O–H groups in total. The maximum atomic E-state index is 12.2. The SMILES string of the molecule is CC1CCCC(C)N1C(=O)CN(C)CCCN. The number of hydrogen-bond acceptors (Lipinski definition) is 3. The Morgan fingerprint density at radius 3 is 2.47 bits per heavy atom. The molecule has 1 fully saturated rings. The van der Waals surface area contributed by atoms with Gasteiger partial charge in [0.25, 0.3) is 0 Å². The minimum Gasteiger partial charge on any atom is -0.336 e. The molecule has 1 rings (SSSR count). The first-order chi connectivity index (χ1) is 8.06. The van der Waals surface area contributed by atoms with Gasteiger partial charge in [-0.3, -0.25) is 9.69 Å². The number of likely N-dealkylation sites (N-methyl/N-ethyl adjacent to an activating group) is 1. The average molecular weight is 241 g/mol. The Balaban J connectivity index is 2.44. The fraction of sp³-hybridized carbons (Fsp3) is 0.923. The Morgan fingerprint density at radius 1 is 1.35 bits per heavy atom. The maximum Gasteiger partial charge on any atom is 0.237 e. The fourth-order valence-corrected chi connectivity index (χ4v) is 2.67. The van der Waals surface area contributed by atoms with Crippen molar-refractivity contribution in [2.24, 2.45) is 5.73 Å². The van der Waals surface area contributed by atoms with Crippen LogP contribution in [0.5, 0.6) is 0 Å². The van der Waals surface area contributed by atoms with Gasteiger partial charge in [0.15, 0.2) is 0 Å². The van der Waals surface area contributed by atoms with Crippen LogP contribution in [0.3, 0.4) is 0 Å². The predicted molar refractivity (Wildman–Crippen MR) is 70.8 cm³/mol. The van der Waals surface area contributed by atoms with Crippen molar-refractivity contribution in [1.29, 1.82) is 0 Å². The first-order valence-corrected chi connectivity index (χ1v) is 6.76. The molecule has 1 heterocycles. The van der Waals surface area contributed by atoms with E-state index in [2.05, 4.69) is 23.6 Å². The van der Waals surface area contributed by atoms with Crippen LogP contribution < -0.4 is 5.73 Å². The standard InChI is InChI=1S/C13H27N3O/c1-11-6-4-7-12(2)16(11)13(17)10-15(3)9-5-8-14/h11-12H,4-10,14H2,1-3H3. The van der Waals surface area contributed by atoms with Gasteiger partial charge >= 0.3 is 0 Å². The number of amides is 1. The minimum atomic E-state index is 0.268. The number of carbonyl (C=O) groups excluding carboxylic acids is 1. The third-order valence-electron chi connectivity index (χ3n) is 3.63. The molecule has 1 saturated heterocycles. The lowest BCUT2D eigenvalue weighted by atomic mass is 9.97. The van der Waals surface area contributed by atoms with Crippen LogP contribution in [0.4, 0.5) is 0 Å². The molecule has 1 aliphatic heterocycles. The van der Waals surface area contributed by atoms with Gasteiger partial charge in [-0.05, 0) is 59.7 Å². The summed E-state index contributed by atoms with van der Waals surface area (Å²) in [4.78, 5) is 16.4. The van der Waals surface area contributed by atoms with E-state index in [1.165, 1.54) is 6.42 Å². The lowest BCUT2D eigenvalue weighted by molar-refractivity contribution is -0.138. The number of hydrogen-bond donors (Lipinski definition) is 1. The van der Waals surface area contributed by atoms with Crippen molar-refractivity contribution in [2.75, 3.05) is 26.7 Å². The predicted octanol–water partition coefficient (Wildman–Crippen LogP) is 1.06. The summed E-state index contributed by atoms with van der Waals surface area (Å²) in [7, 11) is 1.99. The molecule has 0 spiro atoms. The van der Waals surface area contributed by atoms with Crippen molar-refractivity contribution >= 4 is 5.91 Å². The number of rotatable bonds is 5. The molecular weight excluding hydrogens is 214 g/mol. The molecule has 0 aromatic heterocycles. The molecule has 0 aromatic rings. The van der Waals surface area contributed by atoms with Crippen molar-refractivity contribution in [3.05, 3.63) is 0 Å². The number of nitrogens with two attached hydrogens (primary N) is 1. The molecule has 2 unspecified atom stereocenters. The minimum absolute atomic E-state index is 0.268. The Labute approximate surface area is 105 Å². The summed E-state index contributed by atoms with van der Waals surface area (Å²) < 4.78 is 0. The summed E-state index contributed by atoms with van der Waals surface area (Å²) in [5, 5.41) is 0. The van der Waals surface area contributed by atoms with E-state index in [1.54, 1.807) is 0 Å². The molecule has 0 aromatic carbocycles. The zero-order chi connectivity index (χ0) is 12.8. The molecule has 0 bridgehead atoms. The topological polar surface area (TPSA) is 49.6 Å². The summed E-state index contributed by atoms with van der Waals surface area (Å²) in [5.74, 6) is 0.268. The first kappa shape index (κ1) is 14.5. The smallest absolute Gasteiger partial charge is 0.237 e. The quantitative estimate of drug-likeness (QED) is 0.783. The van der Waals surface area contributed by atoms with Gasteiger partial charge in [0.2, 0.25) is 5.91 Å². The van der Waals surface area contributed by atoms with Crippen LogP contribution in [0.2, 0.25) is 0 Å². The van der Waals surface area contributed by atoms with Gasteiger partial charge in [0.1, 0.15) is 0 Å².